The van der Waals surface area contributed by atoms with Crippen molar-refractivity contribution in [3.63, 3.8) is 0 Å². The quantitative estimate of drug-likeness (QED) is 0.0222. The van der Waals surface area contributed by atoms with Crippen LogP contribution in [0.3, 0.4) is 0 Å². The summed E-state index contributed by atoms with van der Waals surface area (Å²) in [5, 5.41) is 10.7. The van der Waals surface area contributed by atoms with E-state index >= 15 is 0 Å². The van der Waals surface area contributed by atoms with Crippen LogP contribution in [-0.2, 0) is 65.4 Å². The number of carbonyl (C=O) groups excluding carboxylic acids is 4. The molecular formula is C85H166O17P2. The number of phosphoric ester groups is 2. The van der Waals surface area contributed by atoms with Crippen molar-refractivity contribution >= 4 is 39.5 Å². The number of rotatable bonds is 84. The summed E-state index contributed by atoms with van der Waals surface area (Å²) < 4.78 is 68.9. The largest absolute Gasteiger partial charge is 0.472 e. The smallest absolute Gasteiger partial charge is 0.462 e. The Labute approximate surface area is 638 Å². The summed E-state index contributed by atoms with van der Waals surface area (Å²) in [5.74, 6) is -0.481. The molecule has 0 aromatic rings. The van der Waals surface area contributed by atoms with E-state index in [0.29, 0.717) is 25.7 Å². The molecule has 0 amide bonds. The maximum absolute atomic E-state index is 13.1. The third kappa shape index (κ3) is 78.2. The summed E-state index contributed by atoms with van der Waals surface area (Å²) in [6, 6.07) is 0. The third-order valence-electron chi connectivity index (χ3n) is 20.0. The number of aliphatic hydroxyl groups excluding tert-OH is 1. The lowest BCUT2D eigenvalue weighted by Crippen LogP contribution is -2.30. The fourth-order valence-electron chi connectivity index (χ4n) is 13.2. The predicted molar refractivity (Wildman–Crippen MR) is 428 cm³/mol. The van der Waals surface area contributed by atoms with Gasteiger partial charge in [0.25, 0.3) is 0 Å². The average molecular weight is 1520 g/mol. The monoisotopic (exact) mass is 1520 g/mol. The first kappa shape index (κ1) is 102. The van der Waals surface area contributed by atoms with Crippen molar-refractivity contribution in [1.29, 1.82) is 0 Å². The number of unbranched alkanes of at least 4 members (excludes halogenated alkanes) is 54. The minimum atomic E-state index is -4.97. The molecule has 17 nitrogen and oxygen atoms in total. The van der Waals surface area contributed by atoms with E-state index in [4.69, 9.17) is 37.0 Å². The highest BCUT2D eigenvalue weighted by Crippen LogP contribution is 2.45. The molecule has 0 saturated carbocycles. The molecule has 5 atom stereocenters. The molecule has 0 bridgehead atoms. The van der Waals surface area contributed by atoms with E-state index in [1.807, 2.05) is 0 Å². The molecule has 2 unspecified atom stereocenters. The van der Waals surface area contributed by atoms with Crippen LogP contribution in [-0.4, -0.2) is 96.7 Å². The lowest BCUT2D eigenvalue weighted by Gasteiger charge is -2.21. The Morgan fingerprint density at radius 2 is 0.442 bits per heavy atom. The van der Waals surface area contributed by atoms with Crippen LogP contribution in [0.15, 0.2) is 0 Å². The topological polar surface area (TPSA) is 237 Å². The van der Waals surface area contributed by atoms with Crippen LogP contribution in [0.25, 0.3) is 0 Å². The molecule has 0 spiro atoms. The second-order valence-electron chi connectivity index (χ2n) is 31.5. The van der Waals surface area contributed by atoms with Crippen molar-refractivity contribution in [2.45, 2.75) is 471 Å². The van der Waals surface area contributed by atoms with Crippen molar-refractivity contribution in [2.75, 3.05) is 39.6 Å². The van der Waals surface area contributed by atoms with Gasteiger partial charge in [-0.2, -0.15) is 0 Å². The highest BCUT2D eigenvalue weighted by atomic mass is 31.2. The number of carbonyl (C=O) groups is 4. The van der Waals surface area contributed by atoms with Gasteiger partial charge in [-0.1, -0.05) is 401 Å². The van der Waals surface area contributed by atoms with Gasteiger partial charge in [0.05, 0.1) is 26.4 Å². The molecule has 0 aliphatic rings. The fourth-order valence-corrected chi connectivity index (χ4v) is 14.8. The molecule has 0 heterocycles. The summed E-state index contributed by atoms with van der Waals surface area (Å²) in [4.78, 5) is 73.2. The van der Waals surface area contributed by atoms with E-state index in [2.05, 4.69) is 41.5 Å². The van der Waals surface area contributed by atoms with Crippen LogP contribution in [0.4, 0.5) is 0 Å². The molecule has 0 aliphatic heterocycles. The SMILES string of the molecule is CCCCCCCCCCCCCCCC(=O)OC[C@H](COP(=O)(O)OC[C@H](O)COP(=O)(O)OC[C@@H](COC(=O)CCCCCCCCCCCCCCCCC(C)C)OC(=O)CCCCCCCCCCCCCCCCCCCCC(C)C)OC(=O)CCCCCCCCCCCCCCC. The number of ether oxygens (including phenoxy) is 4. The first-order valence-corrected chi connectivity index (χ1v) is 47.0. The standard InChI is InChI=1S/C85H166O17P2/c1-7-9-11-13-15-17-19-29-37-43-49-55-61-67-82(87)95-73-80(101-84(89)69-63-57-51-45-39-30-20-18-16-14-12-10-8-2)75-99-103(91,92)97-71-79(86)72-98-104(93,94)100-76-81(74-96-83(88)68-62-56-50-44-38-33-28-27-32-36-42-48-54-60-66-78(5)6)102-85(90)70-64-58-52-46-40-34-26-24-22-21-23-25-31-35-41-47-53-59-65-77(3)4/h77-81,86H,7-76H2,1-6H3,(H,91,92)(H,93,94)/t79-,80+,81+/m0/s1. The van der Waals surface area contributed by atoms with Gasteiger partial charge in [0, 0.05) is 25.7 Å². The van der Waals surface area contributed by atoms with Gasteiger partial charge in [-0.25, -0.2) is 9.13 Å². The van der Waals surface area contributed by atoms with Crippen molar-refractivity contribution in [3.05, 3.63) is 0 Å². The van der Waals surface area contributed by atoms with Crippen LogP contribution < -0.4 is 0 Å². The Morgan fingerprint density at radius 3 is 0.654 bits per heavy atom. The zero-order chi connectivity index (χ0) is 76.4. The molecule has 0 rings (SSSR count). The van der Waals surface area contributed by atoms with E-state index in [1.165, 1.54) is 270 Å². The van der Waals surface area contributed by atoms with Gasteiger partial charge in [0.1, 0.15) is 19.3 Å². The van der Waals surface area contributed by atoms with E-state index in [0.717, 1.165) is 102 Å². The van der Waals surface area contributed by atoms with Crippen molar-refractivity contribution in [2.24, 2.45) is 11.8 Å². The van der Waals surface area contributed by atoms with Crippen molar-refractivity contribution in [1.82, 2.24) is 0 Å². The molecule has 0 fully saturated rings. The van der Waals surface area contributed by atoms with Crippen LogP contribution >= 0.6 is 15.6 Å². The Hall–Kier alpha value is -1.94. The Bertz CT molecular complexity index is 1990. The molecule has 0 aromatic carbocycles. The van der Waals surface area contributed by atoms with E-state index in [-0.39, 0.29) is 25.7 Å². The molecule has 104 heavy (non-hydrogen) atoms. The maximum Gasteiger partial charge on any atom is 0.472 e. The average Bonchev–Trinajstić information content (AvgIpc) is 0.905. The summed E-state index contributed by atoms with van der Waals surface area (Å²) in [6.45, 7) is 9.73. The van der Waals surface area contributed by atoms with Gasteiger partial charge in [-0.15, -0.1) is 0 Å². The van der Waals surface area contributed by atoms with Gasteiger partial charge < -0.3 is 33.8 Å². The van der Waals surface area contributed by atoms with Crippen molar-refractivity contribution < 1.29 is 80.2 Å². The first-order valence-electron chi connectivity index (χ1n) is 44.0. The van der Waals surface area contributed by atoms with E-state index < -0.39 is 97.5 Å². The van der Waals surface area contributed by atoms with Crippen LogP contribution in [0, 0.1) is 11.8 Å². The molecule has 3 N–H and O–H groups in total. The lowest BCUT2D eigenvalue weighted by molar-refractivity contribution is -0.161. The normalized spacial score (nSPS) is 13.8. The summed E-state index contributed by atoms with van der Waals surface area (Å²) in [5.41, 5.74) is 0. The highest BCUT2D eigenvalue weighted by molar-refractivity contribution is 7.47. The molecular weight excluding hydrogens is 1350 g/mol. The number of esters is 4. The van der Waals surface area contributed by atoms with Gasteiger partial charge in [0.15, 0.2) is 12.2 Å². The summed E-state index contributed by atoms with van der Waals surface area (Å²) >= 11 is 0. The minimum absolute atomic E-state index is 0.108. The van der Waals surface area contributed by atoms with E-state index in [9.17, 15) is 43.2 Å². The van der Waals surface area contributed by atoms with Crippen LogP contribution in [0.5, 0.6) is 0 Å². The predicted octanol–water partition coefficient (Wildman–Crippen LogP) is 25.8. The Balaban J connectivity index is 5.24. The minimum Gasteiger partial charge on any atom is -0.462 e. The lowest BCUT2D eigenvalue weighted by atomic mass is 10.0. The Morgan fingerprint density at radius 1 is 0.260 bits per heavy atom. The molecule has 0 saturated heterocycles. The third-order valence-corrected chi connectivity index (χ3v) is 21.9. The first-order chi connectivity index (χ1) is 50.4. The molecule has 19 heteroatoms. The summed E-state index contributed by atoms with van der Waals surface area (Å²) in [7, 11) is -9.93. The second kappa shape index (κ2) is 76.4. The highest BCUT2D eigenvalue weighted by Gasteiger charge is 2.30. The van der Waals surface area contributed by atoms with Gasteiger partial charge in [-0.05, 0) is 37.5 Å². The van der Waals surface area contributed by atoms with E-state index in [1.54, 1.807) is 0 Å². The fraction of sp³-hybridized carbons (Fsp3) is 0.953. The number of hydrogen-bond donors (Lipinski definition) is 3. The molecule has 0 aliphatic carbocycles. The maximum atomic E-state index is 13.1. The zero-order valence-electron chi connectivity index (χ0n) is 68.3. The van der Waals surface area contributed by atoms with Gasteiger partial charge >= 0.3 is 39.5 Å². The number of hydrogen-bond acceptors (Lipinski definition) is 15. The van der Waals surface area contributed by atoms with Gasteiger partial charge in [0.2, 0.25) is 0 Å². The van der Waals surface area contributed by atoms with Crippen LogP contribution in [0.2, 0.25) is 0 Å². The molecule has 0 aromatic heterocycles. The summed E-state index contributed by atoms with van der Waals surface area (Å²) in [6.07, 6.45) is 67.9. The second-order valence-corrected chi connectivity index (χ2v) is 34.4. The Kier molecular flexibility index (Phi) is 75.0. The van der Waals surface area contributed by atoms with Crippen molar-refractivity contribution in [3.8, 4) is 0 Å². The molecule has 618 valence electrons. The van der Waals surface area contributed by atoms with Gasteiger partial charge in [-0.3, -0.25) is 37.3 Å². The molecule has 0 radical (unpaired) electrons. The van der Waals surface area contributed by atoms with Crippen LogP contribution in [0.1, 0.15) is 452 Å². The zero-order valence-corrected chi connectivity index (χ0v) is 70.1. The number of phosphoric acid groups is 2. The number of aliphatic hydroxyl groups is 1.